The summed E-state index contributed by atoms with van der Waals surface area (Å²) in [5, 5.41) is 0.618. The molecule has 0 unspecified atom stereocenters. The van der Waals surface area contributed by atoms with Crippen molar-refractivity contribution < 1.29 is 0 Å². The van der Waals surface area contributed by atoms with E-state index in [0.29, 0.717) is 28.4 Å². The maximum absolute atomic E-state index is 13.1. The molecule has 0 saturated heterocycles. The molecule has 28 heavy (non-hydrogen) atoms. The van der Waals surface area contributed by atoms with Gasteiger partial charge in [0.2, 0.25) is 0 Å². The summed E-state index contributed by atoms with van der Waals surface area (Å²) in [5.41, 5.74) is 2.50. The highest BCUT2D eigenvalue weighted by atomic mass is 35.5. The predicted octanol–water partition coefficient (Wildman–Crippen LogP) is 3.38. The van der Waals surface area contributed by atoms with Crippen LogP contribution in [0.4, 0.5) is 0 Å². The van der Waals surface area contributed by atoms with E-state index in [4.69, 9.17) is 11.6 Å². The standard InChI is InChI=1S/C21H19ClN4O2/c1-3-25-20(27)18-19(26(21(25)28)17-11-7-4-8-14(17)2)23-13-24(18)12-15-9-5-6-10-16(15)22/h4-11,13H,3,12H2,1-2H3. The second-order valence-corrected chi connectivity index (χ2v) is 7.00. The lowest BCUT2D eigenvalue weighted by Crippen LogP contribution is -2.39. The largest absolute Gasteiger partial charge is 0.337 e. The van der Waals surface area contributed by atoms with E-state index in [0.717, 1.165) is 11.1 Å². The highest BCUT2D eigenvalue weighted by Gasteiger charge is 2.19. The van der Waals surface area contributed by atoms with E-state index < -0.39 is 5.69 Å². The van der Waals surface area contributed by atoms with Crippen molar-refractivity contribution in [2.24, 2.45) is 0 Å². The fourth-order valence-electron chi connectivity index (χ4n) is 3.42. The Labute approximate surface area is 166 Å². The first-order valence-electron chi connectivity index (χ1n) is 9.03. The summed E-state index contributed by atoms with van der Waals surface area (Å²) in [6.07, 6.45) is 1.59. The first kappa shape index (κ1) is 18.3. The Kier molecular flexibility index (Phi) is 4.65. The van der Waals surface area contributed by atoms with Crippen LogP contribution in [0.15, 0.2) is 64.4 Å². The van der Waals surface area contributed by atoms with Gasteiger partial charge in [0.05, 0.1) is 18.6 Å². The molecule has 2 heterocycles. The zero-order valence-electron chi connectivity index (χ0n) is 15.6. The molecule has 4 rings (SSSR count). The number of aromatic nitrogens is 4. The van der Waals surface area contributed by atoms with Crippen molar-refractivity contribution in [3.63, 3.8) is 0 Å². The smallest absolute Gasteiger partial charge is 0.320 e. The van der Waals surface area contributed by atoms with Crippen molar-refractivity contribution in [3.8, 4) is 5.69 Å². The monoisotopic (exact) mass is 394 g/mol. The van der Waals surface area contributed by atoms with Crippen LogP contribution in [0.2, 0.25) is 5.02 Å². The molecule has 0 aliphatic carbocycles. The highest BCUT2D eigenvalue weighted by molar-refractivity contribution is 6.31. The van der Waals surface area contributed by atoms with Crippen LogP contribution < -0.4 is 11.2 Å². The number of hydrogen-bond acceptors (Lipinski definition) is 3. The number of para-hydroxylation sites is 1. The SMILES string of the molecule is CCn1c(=O)c2c(ncn2Cc2ccccc2Cl)n(-c2ccccc2C)c1=O. The van der Waals surface area contributed by atoms with Crippen LogP contribution in [0.1, 0.15) is 18.1 Å². The number of nitrogens with zero attached hydrogens (tertiary/aromatic N) is 4. The number of imidazole rings is 1. The predicted molar refractivity (Wildman–Crippen MR) is 111 cm³/mol. The van der Waals surface area contributed by atoms with Crippen LogP contribution in [0.3, 0.4) is 0 Å². The van der Waals surface area contributed by atoms with E-state index in [1.807, 2.05) is 55.5 Å². The summed E-state index contributed by atoms with van der Waals surface area (Å²) in [4.78, 5) is 30.6. The van der Waals surface area contributed by atoms with Gasteiger partial charge >= 0.3 is 5.69 Å². The van der Waals surface area contributed by atoms with E-state index >= 15 is 0 Å². The van der Waals surface area contributed by atoms with Crippen LogP contribution in [0.25, 0.3) is 16.9 Å². The van der Waals surface area contributed by atoms with Crippen LogP contribution in [-0.2, 0) is 13.1 Å². The molecule has 0 radical (unpaired) electrons. The second kappa shape index (κ2) is 7.13. The van der Waals surface area contributed by atoms with Crippen LogP contribution in [-0.4, -0.2) is 18.7 Å². The first-order valence-corrected chi connectivity index (χ1v) is 9.40. The Morgan fingerprint density at radius 3 is 2.46 bits per heavy atom. The highest BCUT2D eigenvalue weighted by Crippen LogP contribution is 2.20. The molecule has 4 aromatic rings. The fraction of sp³-hybridized carbons (Fsp3) is 0.190. The van der Waals surface area contributed by atoms with Crippen molar-refractivity contribution in [1.82, 2.24) is 18.7 Å². The lowest BCUT2D eigenvalue weighted by molar-refractivity contribution is 0.654. The van der Waals surface area contributed by atoms with Crippen molar-refractivity contribution >= 4 is 22.8 Å². The topological polar surface area (TPSA) is 61.8 Å². The average molecular weight is 395 g/mol. The lowest BCUT2D eigenvalue weighted by atomic mass is 10.2. The molecule has 0 bridgehead atoms. The van der Waals surface area contributed by atoms with E-state index in [9.17, 15) is 9.59 Å². The maximum Gasteiger partial charge on any atom is 0.337 e. The van der Waals surface area contributed by atoms with Gasteiger partial charge in [-0.1, -0.05) is 48.0 Å². The Morgan fingerprint density at radius 2 is 1.75 bits per heavy atom. The molecule has 6 nitrogen and oxygen atoms in total. The maximum atomic E-state index is 13.1. The van der Waals surface area contributed by atoms with Gasteiger partial charge in [-0.3, -0.25) is 9.36 Å². The van der Waals surface area contributed by atoms with E-state index in [2.05, 4.69) is 4.98 Å². The van der Waals surface area contributed by atoms with Crippen LogP contribution >= 0.6 is 11.6 Å². The molecule has 0 fully saturated rings. The molecule has 2 aromatic heterocycles. The number of hydrogen-bond donors (Lipinski definition) is 0. The van der Waals surface area contributed by atoms with E-state index in [-0.39, 0.29) is 12.1 Å². The van der Waals surface area contributed by atoms with Gasteiger partial charge in [-0.05, 0) is 37.1 Å². The van der Waals surface area contributed by atoms with Crippen LogP contribution in [0.5, 0.6) is 0 Å². The zero-order chi connectivity index (χ0) is 19.8. The van der Waals surface area contributed by atoms with Gasteiger partial charge in [0.1, 0.15) is 0 Å². The summed E-state index contributed by atoms with van der Waals surface area (Å²) >= 11 is 6.29. The molecule has 2 aromatic carbocycles. The number of rotatable bonds is 4. The van der Waals surface area contributed by atoms with Gasteiger partial charge in [-0.25, -0.2) is 14.3 Å². The van der Waals surface area contributed by atoms with Crippen molar-refractivity contribution in [1.29, 1.82) is 0 Å². The molecule has 0 spiro atoms. The summed E-state index contributed by atoms with van der Waals surface area (Å²) in [6, 6.07) is 15.0. The molecule has 7 heteroatoms. The number of fused-ring (bicyclic) bond motifs is 1. The van der Waals surface area contributed by atoms with E-state index in [1.165, 1.54) is 9.13 Å². The number of aryl methyl sites for hydroxylation is 1. The molecule has 142 valence electrons. The quantitative estimate of drug-likeness (QED) is 0.533. The molecule has 0 atom stereocenters. The van der Waals surface area contributed by atoms with E-state index in [1.54, 1.807) is 17.8 Å². The second-order valence-electron chi connectivity index (χ2n) is 6.59. The zero-order valence-corrected chi connectivity index (χ0v) is 16.3. The number of benzene rings is 2. The van der Waals surface area contributed by atoms with Gasteiger partial charge < -0.3 is 4.57 Å². The molecular weight excluding hydrogens is 376 g/mol. The minimum Gasteiger partial charge on any atom is -0.320 e. The lowest BCUT2D eigenvalue weighted by Gasteiger charge is -2.13. The third kappa shape index (κ3) is 2.86. The summed E-state index contributed by atoms with van der Waals surface area (Å²) in [6.45, 7) is 4.37. The molecule has 0 aliphatic rings. The third-order valence-electron chi connectivity index (χ3n) is 4.87. The summed E-state index contributed by atoms with van der Waals surface area (Å²) in [7, 11) is 0. The molecule has 0 saturated carbocycles. The van der Waals surface area contributed by atoms with Gasteiger partial charge in [-0.2, -0.15) is 0 Å². The Bertz CT molecular complexity index is 1300. The Hall–Kier alpha value is -3.12. The minimum atomic E-state index is -0.391. The average Bonchev–Trinajstić information content (AvgIpc) is 3.09. The fourth-order valence-corrected chi connectivity index (χ4v) is 3.62. The Balaban J connectivity index is 2.04. The number of halogens is 1. The molecular formula is C21H19ClN4O2. The van der Waals surface area contributed by atoms with Crippen molar-refractivity contribution in [2.75, 3.05) is 0 Å². The first-order chi connectivity index (χ1) is 13.5. The molecule has 0 amide bonds. The Morgan fingerprint density at radius 1 is 1.04 bits per heavy atom. The minimum absolute atomic E-state index is 0.275. The van der Waals surface area contributed by atoms with Crippen LogP contribution in [0, 0.1) is 6.92 Å². The molecule has 0 aliphatic heterocycles. The van der Waals surface area contributed by atoms with Crippen molar-refractivity contribution in [2.45, 2.75) is 26.9 Å². The third-order valence-corrected chi connectivity index (χ3v) is 5.24. The van der Waals surface area contributed by atoms with Gasteiger partial charge in [0.25, 0.3) is 5.56 Å². The van der Waals surface area contributed by atoms with Crippen molar-refractivity contribution in [3.05, 3.63) is 91.8 Å². The normalized spacial score (nSPS) is 11.2. The van der Waals surface area contributed by atoms with Gasteiger partial charge in [0.15, 0.2) is 11.2 Å². The molecule has 0 N–H and O–H groups in total. The summed E-state index contributed by atoms with van der Waals surface area (Å²) in [5.74, 6) is 0. The summed E-state index contributed by atoms with van der Waals surface area (Å²) < 4.78 is 4.50. The van der Waals surface area contributed by atoms with Gasteiger partial charge in [-0.15, -0.1) is 0 Å². The van der Waals surface area contributed by atoms with Gasteiger partial charge in [0, 0.05) is 11.6 Å².